The van der Waals surface area contributed by atoms with E-state index in [1.54, 1.807) is 11.1 Å². The maximum atomic E-state index is 13.9. The lowest BCUT2D eigenvalue weighted by Crippen LogP contribution is -2.37. The van der Waals surface area contributed by atoms with Crippen molar-refractivity contribution in [2.75, 3.05) is 23.2 Å². The van der Waals surface area contributed by atoms with Crippen molar-refractivity contribution in [3.8, 4) is 11.5 Å². The average Bonchev–Trinajstić information content (AvgIpc) is 3.41. The van der Waals surface area contributed by atoms with Crippen LogP contribution in [0.1, 0.15) is 43.9 Å². The number of amides is 2. The summed E-state index contributed by atoms with van der Waals surface area (Å²) in [5.41, 5.74) is 3.12. The quantitative estimate of drug-likeness (QED) is 0.280. The normalized spacial score (nSPS) is 20.9. The van der Waals surface area contributed by atoms with Gasteiger partial charge in [0.1, 0.15) is 5.92 Å². The summed E-state index contributed by atoms with van der Waals surface area (Å²) in [6.07, 6.45) is 1.06. The molecule has 3 atom stereocenters. The largest absolute Gasteiger partial charge is 0.490 e. The molecule has 7 nitrogen and oxygen atoms in total. The number of hydroxylamine groups is 1. The van der Waals surface area contributed by atoms with Gasteiger partial charge < -0.3 is 9.47 Å². The maximum Gasteiger partial charge on any atom is 0.266 e. The average molecular weight is 501 g/mol. The minimum Gasteiger partial charge on any atom is -0.490 e. The molecule has 2 amide bonds. The van der Waals surface area contributed by atoms with Crippen molar-refractivity contribution in [3.63, 3.8) is 0 Å². The first-order valence-electron chi connectivity index (χ1n) is 12.9. The number of carbonyl (C=O) groups is 2. The van der Waals surface area contributed by atoms with E-state index in [1.165, 1.54) is 4.90 Å². The highest BCUT2D eigenvalue weighted by molar-refractivity contribution is 6.24. The second-order valence-corrected chi connectivity index (χ2v) is 9.35. The third-order valence-electron chi connectivity index (χ3n) is 6.75. The number of hydrogen-bond acceptors (Lipinski definition) is 6. The fraction of sp³-hybridized carbons (Fsp3) is 0.333. The van der Waals surface area contributed by atoms with E-state index in [2.05, 4.69) is 6.92 Å². The summed E-state index contributed by atoms with van der Waals surface area (Å²) in [5, 5.41) is 1.70. The number of imide groups is 1. The second-order valence-electron chi connectivity index (χ2n) is 9.35. The summed E-state index contributed by atoms with van der Waals surface area (Å²) in [6.45, 7) is 7.05. The van der Waals surface area contributed by atoms with Gasteiger partial charge in [-0.2, -0.15) is 0 Å². The van der Waals surface area contributed by atoms with Gasteiger partial charge in [-0.05, 0) is 67.8 Å². The van der Waals surface area contributed by atoms with Gasteiger partial charge >= 0.3 is 0 Å². The predicted molar refractivity (Wildman–Crippen MR) is 142 cm³/mol. The van der Waals surface area contributed by atoms with Crippen LogP contribution in [0.15, 0.2) is 72.8 Å². The number of carbonyl (C=O) groups excluding carboxylic acids is 2. The van der Waals surface area contributed by atoms with E-state index in [0.29, 0.717) is 30.4 Å². The lowest BCUT2D eigenvalue weighted by Gasteiger charge is -2.29. The first-order valence-corrected chi connectivity index (χ1v) is 12.9. The molecular formula is C30H32N2O5. The van der Waals surface area contributed by atoms with Crippen molar-refractivity contribution in [1.29, 1.82) is 0 Å². The number of para-hydroxylation sites is 1. The first-order chi connectivity index (χ1) is 18.0. The molecular weight excluding hydrogens is 468 g/mol. The zero-order chi connectivity index (χ0) is 25.9. The first kappa shape index (κ1) is 24.8. The number of fused-ring (bicyclic) bond motifs is 1. The Bertz CT molecular complexity index is 1280. The van der Waals surface area contributed by atoms with Crippen molar-refractivity contribution in [3.05, 3.63) is 83.9 Å². The SMILES string of the molecule is CCCCOc1ccc([C@H]2[C@H]3C(=O)N(c4cccc(C)c4)C(=O)[C@H]3ON2c2ccccc2)cc1OCC. The van der Waals surface area contributed by atoms with Crippen molar-refractivity contribution in [1.82, 2.24) is 0 Å². The zero-order valence-electron chi connectivity index (χ0n) is 21.4. The third kappa shape index (κ3) is 4.67. The molecule has 2 heterocycles. The Morgan fingerprint density at radius 1 is 0.838 bits per heavy atom. The molecule has 0 saturated carbocycles. The van der Waals surface area contributed by atoms with Crippen LogP contribution in [0.3, 0.4) is 0 Å². The van der Waals surface area contributed by atoms with Crippen LogP contribution >= 0.6 is 0 Å². The van der Waals surface area contributed by atoms with Gasteiger partial charge in [0.25, 0.3) is 5.91 Å². The molecule has 0 spiro atoms. The molecule has 0 N–H and O–H groups in total. The minimum atomic E-state index is -0.922. The Balaban J connectivity index is 1.55. The summed E-state index contributed by atoms with van der Waals surface area (Å²) < 4.78 is 11.9. The second kappa shape index (κ2) is 10.6. The number of anilines is 2. The number of benzene rings is 3. The topological polar surface area (TPSA) is 68.3 Å². The van der Waals surface area contributed by atoms with E-state index >= 15 is 0 Å². The van der Waals surface area contributed by atoms with E-state index in [-0.39, 0.29) is 11.8 Å². The van der Waals surface area contributed by atoms with Gasteiger partial charge in [-0.25, -0.2) is 9.96 Å². The van der Waals surface area contributed by atoms with Crippen molar-refractivity contribution < 1.29 is 23.9 Å². The van der Waals surface area contributed by atoms with Crippen molar-refractivity contribution >= 4 is 23.2 Å². The van der Waals surface area contributed by atoms with Crippen molar-refractivity contribution in [2.24, 2.45) is 5.92 Å². The molecule has 2 aliphatic rings. The Hall–Kier alpha value is -3.84. The molecule has 0 aromatic heterocycles. The molecule has 0 radical (unpaired) electrons. The highest BCUT2D eigenvalue weighted by atomic mass is 16.7. The predicted octanol–water partition coefficient (Wildman–Crippen LogP) is 5.62. The van der Waals surface area contributed by atoms with Crippen LogP contribution in [-0.4, -0.2) is 31.1 Å². The highest BCUT2D eigenvalue weighted by Crippen LogP contribution is 2.48. The summed E-state index contributed by atoms with van der Waals surface area (Å²) in [7, 11) is 0. The van der Waals surface area contributed by atoms with Gasteiger partial charge in [0, 0.05) is 0 Å². The number of ether oxygens (including phenoxy) is 2. The van der Waals surface area contributed by atoms with E-state index in [0.717, 1.165) is 29.7 Å². The molecule has 5 rings (SSSR count). The fourth-order valence-electron chi connectivity index (χ4n) is 5.00. The van der Waals surface area contributed by atoms with Gasteiger partial charge in [0.2, 0.25) is 5.91 Å². The summed E-state index contributed by atoms with van der Waals surface area (Å²) >= 11 is 0. The van der Waals surface area contributed by atoms with E-state index < -0.39 is 18.1 Å². The van der Waals surface area contributed by atoms with Crippen LogP contribution in [0, 0.1) is 12.8 Å². The molecule has 2 aliphatic heterocycles. The monoisotopic (exact) mass is 500 g/mol. The van der Waals surface area contributed by atoms with Crippen LogP contribution in [0.2, 0.25) is 0 Å². The molecule has 37 heavy (non-hydrogen) atoms. The maximum absolute atomic E-state index is 13.9. The van der Waals surface area contributed by atoms with E-state index in [1.807, 2.05) is 80.6 Å². The third-order valence-corrected chi connectivity index (χ3v) is 6.75. The van der Waals surface area contributed by atoms with E-state index in [9.17, 15) is 9.59 Å². The Morgan fingerprint density at radius 3 is 2.35 bits per heavy atom. The van der Waals surface area contributed by atoms with Gasteiger partial charge in [-0.1, -0.05) is 49.7 Å². The fourth-order valence-corrected chi connectivity index (χ4v) is 5.00. The number of unbranched alkanes of at least 4 members (excludes halogenated alkanes) is 1. The molecule has 2 saturated heterocycles. The molecule has 0 unspecified atom stereocenters. The Kier molecular flexibility index (Phi) is 7.15. The number of nitrogens with zero attached hydrogens (tertiary/aromatic N) is 2. The molecule has 0 aliphatic carbocycles. The summed E-state index contributed by atoms with van der Waals surface area (Å²) in [4.78, 5) is 34.9. The zero-order valence-corrected chi connectivity index (χ0v) is 21.4. The molecule has 7 heteroatoms. The Labute approximate surface area is 217 Å². The highest BCUT2D eigenvalue weighted by Gasteiger charge is 2.60. The lowest BCUT2D eigenvalue weighted by molar-refractivity contribution is -0.126. The molecule has 2 fully saturated rings. The number of aryl methyl sites for hydroxylation is 1. The van der Waals surface area contributed by atoms with Gasteiger partial charge in [-0.15, -0.1) is 0 Å². The standard InChI is InChI=1S/C30H32N2O5/c1-4-6-17-36-24-16-15-21(19-25(24)35-5-2)27-26-28(37-32(27)22-12-8-7-9-13-22)30(34)31(29(26)33)23-14-10-11-20(3)18-23/h7-16,18-19,26-28H,4-6,17H2,1-3H3/t26-,27+,28+/m1/s1. The van der Waals surface area contributed by atoms with Crippen LogP contribution in [0.4, 0.5) is 11.4 Å². The number of hydrogen-bond donors (Lipinski definition) is 0. The Morgan fingerprint density at radius 2 is 1.62 bits per heavy atom. The minimum absolute atomic E-state index is 0.273. The molecule has 192 valence electrons. The van der Waals surface area contributed by atoms with E-state index in [4.69, 9.17) is 14.3 Å². The lowest BCUT2D eigenvalue weighted by atomic mass is 9.90. The smallest absolute Gasteiger partial charge is 0.266 e. The van der Waals surface area contributed by atoms with Crippen LogP contribution < -0.4 is 19.4 Å². The summed E-state index contributed by atoms with van der Waals surface area (Å²) in [5.74, 6) is -0.0655. The molecule has 3 aromatic rings. The van der Waals surface area contributed by atoms with Crippen LogP contribution in [0.5, 0.6) is 11.5 Å². The van der Waals surface area contributed by atoms with Gasteiger partial charge in [0.05, 0.1) is 30.6 Å². The van der Waals surface area contributed by atoms with Crippen LogP contribution in [-0.2, 0) is 14.4 Å². The van der Waals surface area contributed by atoms with Crippen LogP contribution in [0.25, 0.3) is 0 Å². The van der Waals surface area contributed by atoms with Gasteiger partial charge in [-0.3, -0.25) is 14.4 Å². The van der Waals surface area contributed by atoms with Gasteiger partial charge in [0.15, 0.2) is 17.6 Å². The summed E-state index contributed by atoms with van der Waals surface area (Å²) in [6, 6.07) is 22.2. The molecule has 0 bridgehead atoms. The van der Waals surface area contributed by atoms with Crippen molar-refractivity contribution in [2.45, 2.75) is 45.8 Å². The number of rotatable bonds is 9. The molecule has 3 aromatic carbocycles.